The fraction of sp³-hybridized carbons (Fsp3) is 0.400. The van der Waals surface area contributed by atoms with Crippen LogP contribution in [0.3, 0.4) is 0 Å². The van der Waals surface area contributed by atoms with Gasteiger partial charge in [0, 0.05) is 5.38 Å². The number of rotatable bonds is 2. The van der Waals surface area contributed by atoms with E-state index in [1.54, 1.807) is 6.07 Å². The normalized spacial score (nSPS) is 15.5. The van der Waals surface area contributed by atoms with Crippen molar-refractivity contribution in [2.75, 3.05) is 0 Å². The Morgan fingerprint density at radius 3 is 2.23 bits per heavy atom. The standard InChI is InChI=1S/C10H11ClF2/c1-6(7(2)11)8-3-4-9(12)10(13)5-8/h3-7H,1-2H3. The van der Waals surface area contributed by atoms with Crippen molar-refractivity contribution in [3.8, 4) is 0 Å². The largest absolute Gasteiger partial charge is 0.204 e. The zero-order valence-electron chi connectivity index (χ0n) is 7.52. The summed E-state index contributed by atoms with van der Waals surface area (Å²) in [4.78, 5) is 0. The summed E-state index contributed by atoms with van der Waals surface area (Å²) >= 11 is 5.84. The van der Waals surface area contributed by atoms with Crippen LogP contribution in [0.4, 0.5) is 8.78 Å². The van der Waals surface area contributed by atoms with Crippen molar-refractivity contribution >= 4 is 11.6 Å². The minimum absolute atomic E-state index is 0.0248. The maximum absolute atomic E-state index is 12.8. The van der Waals surface area contributed by atoms with E-state index in [1.807, 2.05) is 13.8 Å². The molecule has 0 amide bonds. The van der Waals surface area contributed by atoms with E-state index in [0.29, 0.717) is 0 Å². The number of hydrogen-bond donors (Lipinski definition) is 0. The van der Waals surface area contributed by atoms with Gasteiger partial charge in [-0.2, -0.15) is 0 Å². The van der Waals surface area contributed by atoms with Gasteiger partial charge in [0.15, 0.2) is 11.6 Å². The highest BCUT2D eigenvalue weighted by Gasteiger charge is 2.13. The van der Waals surface area contributed by atoms with Crippen LogP contribution in [0.1, 0.15) is 25.3 Å². The Bertz CT molecular complexity index is 297. The molecule has 0 spiro atoms. The first kappa shape index (κ1) is 10.5. The van der Waals surface area contributed by atoms with Crippen LogP contribution in [0.5, 0.6) is 0 Å². The third-order valence-electron chi connectivity index (χ3n) is 2.16. The Hall–Kier alpha value is -0.630. The fourth-order valence-corrected chi connectivity index (χ4v) is 1.21. The highest BCUT2D eigenvalue weighted by molar-refractivity contribution is 6.20. The summed E-state index contributed by atoms with van der Waals surface area (Å²) in [5.74, 6) is -1.61. The Morgan fingerprint density at radius 1 is 1.15 bits per heavy atom. The summed E-state index contributed by atoms with van der Waals surface area (Å²) in [7, 11) is 0. The molecular weight excluding hydrogens is 194 g/mol. The van der Waals surface area contributed by atoms with Crippen LogP contribution in [0, 0.1) is 11.6 Å². The number of hydrogen-bond acceptors (Lipinski definition) is 0. The average molecular weight is 205 g/mol. The molecule has 0 saturated carbocycles. The lowest BCUT2D eigenvalue weighted by molar-refractivity contribution is 0.505. The summed E-state index contributed by atoms with van der Waals surface area (Å²) in [5.41, 5.74) is 0.724. The van der Waals surface area contributed by atoms with Crippen molar-refractivity contribution in [3.05, 3.63) is 35.4 Å². The Morgan fingerprint density at radius 2 is 1.77 bits per heavy atom. The Kier molecular flexibility index (Phi) is 3.26. The lowest BCUT2D eigenvalue weighted by atomic mass is 9.98. The molecule has 2 unspecified atom stereocenters. The molecule has 0 aliphatic carbocycles. The molecule has 0 fully saturated rings. The van der Waals surface area contributed by atoms with Crippen LogP contribution in [-0.2, 0) is 0 Å². The van der Waals surface area contributed by atoms with E-state index in [-0.39, 0.29) is 11.3 Å². The molecule has 72 valence electrons. The van der Waals surface area contributed by atoms with Crippen molar-refractivity contribution < 1.29 is 8.78 Å². The zero-order chi connectivity index (χ0) is 10.0. The molecule has 1 rings (SSSR count). The molecule has 13 heavy (non-hydrogen) atoms. The first-order valence-corrected chi connectivity index (χ1v) is 4.55. The summed E-state index contributed by atoms with van der Waals surface area (Å²) in [6.07, 6.45) is 0. The van der Waals surface area contributed by atoms with E-state index < -0.39 is 11.6 Å². The first-order valence-electron chi connectivity index (χ1n) is 4.11. The third-order valence-corrected chi connectivity index (χ3v) is 2.54. The highest BCUT2D eigenvalue weighted by Crippen LogP contribution is 2.24. The van der Waals surface area contributed by atoms with E-state index in [4.69, 9.17) is 11.6 Å². The van der Waals surface area contributed by atoms with Gasteiger partial charge in [0.2, 0.25) is 0 Å². The maximum atomic E-state index is 12.8. The van der Waals surface area contributed by atoms with Gasteiger partial charge in [-0.3, -0.25) is 0 Å². The minimum atomic E-state index is -0.821. The predicted molar refractivity (Wildman–Crippen MR) is 50.1 cm³/mol. The highest BCUT2D eigenvalue weighted by atomic mass is 35.5. The monoisotopic (exact) mass is 204 g/mol. The first-order chi connectivity index (χ1) is 6.02. The smallest absolute Gasteiger partial charge is 0.159 e. The van der Waals surface area contributed by atoms with Gasteiger partial charge in [0.05, 0.1) is 0 Å². The minimum Gasteiger partial charge on any atom is -0.204 e. The Labute approximate surface area is 81.5 Å². The van der Waals surface area contributed by atoms with Crippen molar-refractivity contribution in [1.29, 1.82) is 0 Å². The summed E-state index contributed by atoms with van der Waals surface area (Å²) < 4.78 is 25.3. The van der Waals surface area contributed by atoms with Crippen molar-refractivity contribution in [3.63, 3.8) is 0 Å². The molecule has 0 bridgehead atoms. The van der Waals surface area contributed by atoms with E-state index in [2.05, 4.69) is 0 Å². The number of alkyl halides is 1. The molecule has 1 aromatic carbocycles. The van der Waals surface area contributed by atoms with Crippen molar-refractivity contribution in [1.82, 2.24) is 0 Å². The van der Waals surface area contributed by atoms with Crippen LogP contribution in [0.25, 0.3) is 0 Å². The maximum Gasteiger partial charge on any atom is 0.159 e. The van der Waals surface area contributed by atoms with Crippen LogP contribution >= 0.6 is 11.6 Å². The lowest BCUT2D eigenvalue weighted by Crippen LogP contribution is -2.05. The molecule has 2 atom stereocenters. The molecule has 0 nitrogen and oxygen atoms in total. The molecule has 1 aromatic rings. The molecule has 0 radical (unpaired) electrons. The van der Waals surface area contributed by atoms with Crippen LogP contribution in [-0.4, -0.2) is 5.38 Å². The van der Waals surface area contributed by atoms with Gasteiger partial charge in [0.25, 0.3) is 0 Å². The summed E-state index contributed by atoms with van der Waals surface area (Å²) in [6.45, 7) is 3.71. The Balaban J connectivity index is 2.97. The lowest BCUT2D eigenvalue weighted by Gasteiger charge is -2.13. The van der Waals surface area contributed by atoms with E-state index in [1.165, 1.54) is 6.07 Å². The quantitative estimate of drug-likeness (QED) is 0.645. The molecule has 0 heterocycles. The van der Waals surface area contributed by atoms with E-state index in [0.717, 1.165) is 11.6 Å². The van der Waals surface area contributed by atoms with Crippen molar-refractivity contribution in [2.24, 2.45) is 0 Å². The molecular formula is C10H11ClF2. The second-order valence-corrected chi connectivity index (χ2v) is 3.83. The second kappa shape index (κ2) is 4.05. The topological polar surface area (TPSA) is 0 Å². The van der Waals surface area contributed by atoms with Gasteiger partial charge in [-0.1, -0.05) is 13.0 Å². The fourth-order valence-electron chi connectivity index (χ4n) is 1.06. The average Bonchev–Trinajstić information content (AvgIpc) is 2.08. The molecule has 0 aromatic heterocycles. The van der Waals surface area contributed by atoms with Crippen LogP contribution < -0.4 is 0 Å². The molecule has 0 saturated heterocycles. The van der Waals surface area contributed by atoms with E-state index >= 15 is 0 Å². The zero-order valence-corrected chi connectivity index (χ0v) is 8.28. The van der Waals surface area contributed by atoms with E-state index in [9.17, 15) is 8.78 Å². The molecule has 3 heteroatoms. The number of halogens is 3. The van der Waals surface area contributed by atoms with Crippen LogP contribution in [0.15, 0.2) is 18.2 Å². The second-order valence-electron chi connectivity index (χ2n) is 3.14. The SMILES string of the molecule is CC(Cl)C(C)c1ccc(F)c(F)c1. The summed E-state index contributed by atoms with van der Waals surface area (Å²) in [5, 5.41) is -0.0927. The van der Waals surface area contributed by atoms with Gasteiger partial charge in [-0.25, -0.2) is 8.78 Å². The molecule has 0 aliphatic heterocycles. The number of benzene rings is 1. The van der Waals surface area contributed by atoms with Gasteiger partial charge in [-0.05, 0) is 30.5 Å². The molecule has 0 aliphatic rings. The third kappa shape index (κ3) is 2.41. The van der Waals surface area contributed by atoms with Gasteiger partial charge < -0.3 is 0 Å². The summed E-state index contributed by atoms with van der Waals surface area (Å²) in [6, 6.07) is 3.88. The molecule has 0 N–H and O–H groups in total. The van der Waals surface area contributed by atoms with Gasteiger partial charge >= 0.3 is 0 Å². The van der Waals surface area contributed by atoms with Gasteiger partial charge in [0.1, 0.15) is 0 Å². The predicted octanol–water partition coefficient (Wildman–Crippen LogP) is 3.70. The van der Waals surface area contributed by atoms with Gasteiger partial charge in [-0.15, -0.1) is 11.6 Å². The van der Waals surface area contributed by atoms with Crippen LogP contribution in [0.2, 0.25) is 0 Å². The van der Waals surface area contributed by atoms with Crippen molar-refractivity contribution in [2.45, 2.75) is 25.1 Å².